The lowest BCUT2D eigenvalue weighted by Gasteiger charge is -2.18. The number of benzene rings is 13. The van der Waals surface area contributed by atoms with E-state index < -0.39 is 0 Å². The van der Waals surface area contributed by atoms with Crippen molar-refractivity contribution in [2.75, 3.05) is 0 Å². The van der Waals surface area contributed by atoms with Crippen molar-refractivity contribution in [1.82, 2.24) is 18.3 Å². The highest BCUT2D eigenvalue weighted by molar-refractivity contribution is 6.26. The molecule has 0 bridgehead atoms. The Morgan fingerprint density at radius 2 is 0.526 bits per heavy atom. The van der Waals surface area contributed by atoms with Crippen LogP contribution in [0.25, 0.3) is 154 Å². The number of hydrogen-bond acceptors (Lipinski definition) is 0. The first kappa shape index (κ1) is 42.9. The molecular weight excluding hydrogens is 945 g/mol. The van der Waals surface area contributed by atoms with E-state index in [0.717, 1.165) is 22.7 Å². The van der Waals surface area contributed by atoms with E-state index in [4.69, 9.17) is 0 Å². The van der Waals surface area contributed by atoms with Crippen molar-refractivity contribution in [3.8, 4) is 45.0 Å². The SMILES string of the molecule is c1ccc(-c2cccc(-n3c4ccccc4c4ccc5c6ccccc6n(-c6ccc7c(-n8c9ccccc9c9ccc%10c%11ccccc%11n(-c%11cccc(-c%12ccccc%12)c%11)c%10c98)cc8ccccc8c7c6)c5c43)c2)cc1. The van der Waals surface area contributed by atoms with E-state index in [2.05, 4.69) is 297 Å². The van der Waals surface area contributed by atoms with Crippen molar-refractivity contribution in [3.63, 3.8) is 0 Å². The predicted molar refractivity (Wildman–Crippen MR) is 330 cm³/mol. The summed E-state index contributed by atoms with van der Waals surface area (Å²) in [5.74, 6) is 0. The van der Waals surface area contributed by atoms with Gasteiger partial charge in [0.2, 0.25) is 0 Å². The second-order valence-corrected chi connectivity index (χ2v) is 20.8. The summed E-state index contributed by atoms with van der Waals surface area (Å²) in [6.07, 6.45) is 0. The number of para-hydroxylation sites is 4. The Labute approximate surface area is 448 Å². The van der Waals surface area contributed by atoms with Crippen LogP contribution < -0.4 is 0 Å². The zero-order chi connectivity index (χ0) is 51.0. The van der Waals surface area contributed by atoms with E-state index >= 15 is 0 Å². The molecule has 17 rings (SSSR count). The van der Waals surface area contributed by atoms with Gasteiger partial charge in [0.05, 0.1) is 49.8 Å². The van der Waals surface area contributed by atoms with Gasteiger partial charge in [0, 0.05) is 65.5 Å². The average molecular weight is 991 g/mol. The van der Waals surface area contributed by atoms with Crippen molar-refractivity contribution < 1.29 is 0 Å². The molecule has 0 radical (unpaired) electrons. The van der Waals surface area contributed by atoms with Crippen molar-refractivity contribution >= 4 is 109 Å². The monoisotopic (exact) mass is 990 g/mol. The Bertz CT molecular complexity index is 5320. The third-order valence-corrected chi connectivity index (χ3v) is 16.7. The van der Waals surface area contributed by atoms with E-state index in [1.165, 1.54) is 131 Å². The molecule has 0 atom stereocenters. The molecule has 4 nitrogen and oxygen atoms in total. The molecule has 0 unspecified atom stereocenters. The van der Waals surface area contributed by atoms with Gasteiger partial charge in [-0.05, 0) is 105 Å². The lowest BCUT2D eigenvalue weighted by molar-refractivity contribution is 1.15. The number of aromatic nitrogens is 4. The number of fused-ring (bicyclic) bond motifs is 17. The highest BCUT2D eigenvalue weighted by atomic mass is 15.1. The van der Waals surface area contributed by atoms with Crippen LogP contribution in [0.4, 0.5) is 0 Å². The van der Waals surface area contributed by atoms with Crippen molar-refractivity contribution in [2.45, 2.75) is 0 Å². The first-order valence-electron chi connectivity index (χ1n) is 26.9. The molecule has 362 valence electrons. The second kappa shape index (κ2) is 16.5. The standard InChI is InChI=1S/C74H46N4/c1-3-19-47(20-4-1)49-24-17-26-52(43-49)75-66-33-13-9-29-56(66)61-39-40-62-57-30-11-15-35-68(57)77(72(62)71(61)75)54-37-38-60-65(46-54)55-28-8-7-23-51(55)45-70(60)78-69-36-16-12-32-59(69)64-42-41-63-58-31-10-14-34-67(58)76(73(63)74(64)78)53-27-18-25-50(44-53)48-21-5-2-6-22-48/h1-46H. The van der Waals surface area contributed by atoms with Gasteiger partial charge < -0.3 is 18.3 Å². The first-order valence-corrected chi connectivity index (χ1v) is 26.9. The molecule has 0 aliphatic carbocycles. The molecule has 4 heterocycles. The van der Waals surface area contributed by atoms with Gasteiger partial charge in [-0.1, -0.05) is 212 Å². The average Bonchev–Trinajstić information content (AvgIpc) is 4.44. The van der Waals surface area contributed by atoms with Crippen LogP contribution in [0, 0.1) is 0 Å². The summed E-state index contributed by atoms with van der Waals surface area (Å²) in [6.45, 7) is 0. The molecular formula is C74H46N4. The Morgan fingerprint density at radius 3 is 0.987 bits per heavy atom. The molecule has 0 aliphatic heterocycles. The fourth-order valence-corrected chi connectivity index (χ4v) is 13.4. The Morgan fingerprint density at radius 1 is 0.179 bits per heavy atom. The van der Waals surface area contributed by atoms with E-state index in [9.17, 15) is 0 Å². The first-order chi connectivity index (χ1) is 38.7. The van der Waals surface area contributed by atoms with Crippen LogP contribution in [0.3, 0.4) is 0 Å². The van der Waals surface area contributed by atoms with Gasteiger partial charge in [-0.15, -0.1) is 0 Å². The van der Waals surface area contributed by atoms with Crippen LogP contribution in [0.15, 0.2) is 279 Å². The lowest BCUT2D eigenvalue weighted by atomic mass is 9.99. The summed E-state index contributed by atoms with van der Waals surface area (Å²) in [5.41, 5.74) is 18.7. The molecule has 0 saturated carbocycles. The van der Waals surface area contributed by atoms with Gasteiger partial charge in [0.1, 0.15) is 0 Å². The van der Waals surface area contributed by atoms with Gasteiger partial charge in [0.25, 0.3) is 0 Å². The number of nitrogens with zero attached hydrogens (tertiary/aromatic N) is 4. The Balaban J connectivity index is 0.969. The third-order valence-electron chi connectivity index (χ3n) is 16.7. The normalized spacial score (nSPS) is 12.1. The van der Waals surface area contributed by atoms with Gasteiger partial charge >= 0.3 is 0 Å². The summed E-state index contributed by atoms with van der Waals surface area (Å²) in [7, 11) is 0. The minimum Gasteiger partial charge on any atom is -0.307 e. The molecule has 0 N–H and O–H groups in total. The zero-order valence-corrected chi connectivity index (χ0v) is 42.3. The summed E-state index contributed by atoms with van der Waals surface area (Å²) in [4.78, 5) is 0. The molecule has 17 aromatic rings. The van der Waals surface area contributed by atoms with Gasteiger partial charge in [-0.2, -0.15) is 0 Å². The summed E-state index contributed by atoms with van der Waals surface area (Å²) in [5, 5.41) is 14.6. The fraction of sp³-hybridized carbons (Fsp3) is 0. The topological polar surface area (TPSA) is 19.7 Å². The molecule has 78 heavy (non-hydrogen) atoms. The quantitative estimate of drug-likeness (QED) is 0.148. The van der Waals surface area contributed by atoms with Gasteiger partial charge in [-0.3, -0.25) is 0 Å². The Kier molecular flexibility index (Phi) is 9.09. The van der Waals surface area contributed by atoms with Crippen LogP contribution in [0.5, 0.6) is 0 Å². The smallest absolute Gasteiger partial charge is 0.0789 e. The molecule has 0 saturated heterocycles. The minimum atomic E-state index is 1.11. The van der Waals surface area contributed by atoms with Crippen molar-refractivity contribution in [2.24, 2.45) is 0 Å². The molecule has 13 aromatic carbocycles. The summed E-state index contributed by atoms with van der Waals surface area (Å²) >= 11 is 0. The second-order valence-electron chi connectivity index (χ2n) is 20.8. The number of hydrogen-bond donors (Lipinski definition) is 0. The largest absolute Gasteiger partial charge is 0.307 e. The van der Waals surface area contributed by atoms with Crippen LogP contribution in [-0.2, 0) is 0 Å². The molecule has 0 fully saturated rings. The highest BCUT2D eigenvalue weighted by Gasteiger charge is 2.25. The Hall–Kier alpha value is -10.4. The fourth-order valence-electron chi connectivity index (χ4n) is 13.4. The van der Waals surface area contributed by atoms with E-state index in [1.54, 1.807) is 0 Å². The highest BCUT2D eigenvalue weighted by Crippen LogP contribution is 2.46. The third kappa shape index (κ3) is 6.11. The van der Waals surface area contributed by atoms with Crippen LogP contribution in [0.2, 0.25) is 0 Å². The summed E-state index contributed by atoms with van der Waals surface area (Å²) in [6, 6.07) is 103. The lowest BCUT2D eigenvalue weighted by Crippen LogP contribution is -2.01. The molecule has 4 aromatic heterocycles. The molecule has 0 spiro atoms. The maximum atomic E-state index is 2.57. The zero-order valence-electron chi connectivity index (χ0n) is 42.3. The maximum absolute atomic E-state index is 2.57. The molecule has 4 heteroatoms. The molecule has 0 aliphatic rings. The van der Waals surface area contributed by atoms with Gasteiger partial charge in [0.15, 0.2) is 0 Å². The number of rotatable bonds is 6. The van der Waals surface area contributed by atoms with Crippen LogP contribution >= 0.6 is 0 Å². The predicted octanol–water partition coefficient (Wildman–Crippen LogP) is 19.7. The van der Waals surface area contributed by atoms with Crippen molar-refractivity contribution in [3.05, 3.63) is 279 Å². The summed E-state index contributed by atoms with van der Waals surface area (Å²) < 4.78 is 10.1. The minimum absolute atomic E-state index is 1.11. The van der Waals surface area contributed by atoms with E-state index in [-0.39, 0.29) is 0 Å². The maximum Gasteiger partial charge on any atom is 0.0789 e. The van der Waals surface area contributed by atoms with E-state index in [1.807, 2.05) is 0 Å². The van der Waals surface area contributed by atoms with Gasteiger partial charge in [-0.25, -0.2) is 0 Å². The van der Waals surface area contributed by atoms with Crippen molar-refractivity contribution in [1.29, 1.82) is 0 Å². The van der Waals surface area contributed by atoms with Crippen LogP contribution in [-0.4, -0.2) is 18.3 Å². The van der Waals surface area contributed by atoms with E-state index in [0.29, 0.717) is 0 Å². The van der Waals surface area contributed by atoms with Crippen LogP contribution in [0.1, 0.15) is 0 Å². The molecule has 0 amide bonds.